The summed E-state index contributed by atoms with van der Waals surface area (Å²) in [5.41, 5.74) is 0.753. The van der Waals surface area contributed by atoms with Crippen LogP contribution in [0.25, 0.3) is 0 Å². The third kappa shape index (κ3) is 4.95. The van der Waals surface area contributed by atoms with Gasteiger partial charge in [0.2, 0.25) is 0 Å². The molecule has 1 saturated heterocycles. The van der Waals surface area contributed by atoms with Crippen molar-refractivity contribution in [2.75, 3.05) is 37.6 Å². The Labute approximate surface area is 158 Å². The average Bonchev–Trinajstić information content (AvgIpc) is 3.15. The highest BCUT2D eigenvalue weighted by molar-refractivity contribution is 6.30. The van der Waals surface area contributed by atoms with Crippen molar-refractivity contribution in [1.82, 2.24) is 14.7 Å². The van der Waals surface area contributed by atoms with Gasteiger partial charge in [0.15, 0.2) is 0 Å². The second-order valence-corrected chi connectivity index (χ2v) is 6.99. The molecule has 1 fully saturated rings. The topological polar surface area (TPSA) is 67.4 Å². The molecule has 0 atom stereocenters. The summed E-state index contributed by atoms with van der Waals surface area (Å²) >= 11 is 5.90. The lowest BCUT2D eigenvalue weighted by Gasteiger charge is -2.35. The van der Waals surface area contributed by atoms with Gasteiger partial charge in [0, 0.05) is 56.2 Å². The van der Waals surface area contributed by atoms with E-state index in [4.69, 9.17) is 11.6 Å². The Hall–Kier alpha value is -2.12. The molecule has 0 radical (unpaired) electrons. The number of hydrogen-bond acceptors (Lipinski definition) is 5. The van der Waals surface area contributed by atoms with E-state index in [0.29, 0.717) is 10.7 Å². The molecular weight excluding hydrogens is 354 g/mol. The number of hydrogen-bond donors (Lipinski definition) is 0. The molecule has 26 heavy (non-hydrogen) atoms. The summed E-state index contributed by atoms with van der Waals surface area (Å²) in [4.78, 5) is 15.4. The van der Waals surface area contributed by atoms with Gasteiger partial charge in [-0.15, -0.1) is 0 Å². The number of halogens is 1. The molecule has 0 aliphatic carbocycles. The van der Waals surface area contributed by atoms with Crippen LogP contribution in [0.1, 0.15) is 19.3 Å². The zero-order chi connectivity index (χ0) is 18.4. The summed E-state index contributed by atoms with van der Waals surface area (Å²) in [5, 5.41) is 15.9. The fourth-order valence-electron chi connectivity index (χ4n) is 3.34. The van der Waals surface area contributed by atoms with Crippen molar-refractivity contribution >= 4 is 23.0 Å². The zero-order valence-electron chi connectivity index (χ0n) is 14.8. The molecule has 0 saturated carbocycles. The molecule has 0 N–H and O–H groups in total. The lowest BCUT2D eigenvalue weighted by Crippen LogP contribution is -2.46. The van der Waals surface area contributed by atoms with Gasteiger partial charge in [-0.3, -0.25) is 19.7 Å². The zero-order valence-corrected chi connectivity index (χ0v) is 15.5. The number of nitro benzene ring substituents is 1. The van der Waals surface area contributed by atoms with Crippen LogP contribution in [0.4, 0.5) is 11.4 Å². The summed E-state index contributed by atoms with van der Waals surface area (Å²) in [6.07, 6.45) is 7.30. The summed E-state index contributed by atoms with van der Waals surface area (Å²) in [6, 6.07) is 6.86. The quantitative estimate of drug-likeness (QED) is 0.400. The van der Waals surface area contributed by atoms with Crippen molar-refractivity contribution in [3.8, 4) is 0 Å². The molecule has 1 aromatic heterocycles. The highest BCUT2D eigenvalue weighted by Gasteiger charge is 2.23. The minimum absolute atomic E-state index is 0.0876. The monoisotopic (exact) mass is 377 g/mol. The van der Waals surface area contributed by atoms with E-state index < -0.39 is 0 Å². The second-order valence-electron chi connectivity index (χ2n) is 6.55. The molecule has 1 aromatic carbocycles. The van der Waals surface area contributed by atoms with Gasteiger partial charge in [-0.2, -0.15) is 5.10 Å². The minimum Gasteiger partial charge on any atom is -0.363 e. The van der Waals surface area contributed by atoms with Gasteiger partial charge in [0.25, 0.3) is 5.69 Å². The van der Waals surface area contributed by atoms with Crippen LogP contribution in [-0.4, -0.2) is 52.3 Å². The maximum absolute atomic E-state index is 11.3. The highest BCUT2D eigenvalue weighted by atomic mass is 35.5. The van der Waals surface area contributed by atoms with E-state index in [0.717, 1.165) is 45.7 Å². The Morgan fingerprint density at radius 1 is 1.12 bits per heavy atom. The Balaban J connectivity index is 1.41. The third-order valence-electron chi connectivity index (χ3n) is 4.77. The molecular formula is C18H24ClN5O2. The van der Waals surface area contributed by atoms with E-state index in [-0.39, 0.29) is 10.6 Å². The normalized spacial score (nSPS) is 15.3. The standard InChI is InChI=1S/C18H24ClN5O2/c19-16-5-6-17(18(15-16)24(25)26)22-13-11-21(12-14-22)8-2-1-3-9-23-10-4-7-20-23/h4-7,10,15H,1-3,8-9,11-14H2. The van der Waals surface area contributed by atoms with Gasteiger partial charge in [0.05, 0.1) is 4.92 Å². The molecule has 2 aromatic rings. The first kappa shape index (κ1) is 18.7. The lowest BCUT2D eigenvalue weighted by molar-refractivity contribution is -0.384. The van der Waals surface area contributed by atoms with Crippen LogP contribution in [0, 0.1) is 10.1 Å². The van der Waals surface area contributed by atoms with Gasteiger partial charge in [-0.25, -0.2) is 0 Å². The van der Waals surface area contributed by atoms with Crippen molar-refractivity contribution in [3.63, 3.8) is 0 Å². The highest BCUT2D eigenvalue weighted by Crippen LogP contribution is 2.31. The average molecular weight is 378 g/mol. The van der Waals surface area contributed by atoms with E-state index >= 15 is 0 Å². The first-order chi connectivity index (χ1) is 12.6. The van der Waals surface area contributed by atoms with Gasteiger partial charge in [-0.1, -0.05) is 18.0 Å². The van der Waals surface area contributed by atoms with E-state index in [1.54, 1.807) is 12.1 Å². The summed E-state index contributed by atoms with van der Waals surface area (Å²) in [5.74, 6) is 0. The maximum atomic E-state index is 11.3. The van der Waals surface area contributed by atoms with Crippen LogP contribution >= 0.6 is 11.6 Å². The minimum atomic E-state index is -0.354. The van der Waals surface area contributed by atoms with Crippen LogP contribution in [0.5, 0.6) is 0 Å². The number of aryl methyl sites for hydroxylation is 1. The molecule has 0 unspecified atom stereocenters. The first-order valence-electron chi connectivity index (χ1n) is 9.02. The van der Waals surface area contributed by atoms with Crippen molar-refractivity contribution in [1.29, 1.82) is 0 Å². The molecule has 0 bridgehead atoms. The molecule has 7 nitrogen and oxygen atoms in total. The van der Waals surface area contributed by atoms with Gasteiger partial charge in [0.1, 0.15) is 5.69 Å². The van der Waals surface area contributed by atoms with Gasteiger partial charge < -0.3 is 4.90 Å². The van der Waals surface area contributed by atoms with Crippen LogP contribution in [-0.2, 0) is 6.54 Å². The predicted octanol–water partition coefficient (Wildman–Crippen LogP) is 3.44. The SMILES string of the molecule is O=[N+]([O-])c1cc(Cl)ccc1N1CCN(CCCCCn2cccn2)CC1. The molecule has 8 heteroatoms. The predicted molar refractivity (Wildman–Crippen MR) is 103 cm³/mol. The van der Waals surface area contributed by atoms with Crippen molar-refractivity contribution in [3.05, 3.63) is 51.8 Å². The Morgan fingerprint density at radius 3 is 2.58 bits per heavy atom. The molecule has 1 aliphatic rings. The van der Waals surface area contributed by atoms with Gasteiger partial charge >= 0.3 is 0 Å². The molecule has 0 spiro atoms. The van der Waals surface area contributed by atoms with Gasteiger partial charge in [-0.05, 0) is 37.6 Å². The van der Waals surface area contributed by atoms with Crippen molar-refractivity contribution in [2.45, 2.75) is 25.8 Å². The van der Waals surface area contributed by atoms with E-state index in [1.807, 2.05) is 23.1 Å². The molecule has 0 amide bonds. The van der Waals surface area contributed by atoms with E-state index in [9.17, 15) is 10.1 Å². The van der Waals surface area contributed by atoms with Crippen LogP contribution in [0.2, 0.25) is 5.02 Å². The van der Waals surface area contributed by atoms with E-state index in [1.165, 1.54) is 18.9 Å². The van der Waals surface area contributed by atoms with Crippen molar-refractivity contribution < 1.29 is 4.92 Å². The Bertz CT molecular complexity index is 714. The number of piperazine rings is 1. The number of unbranched alkanes of at least 4 members (excludes halogenated alkanes) is 2. The third-order valence-corrected chi connectivity index (χ3v) is 5.00. The van der Waals surface area contributed by atoms with Crippen LogP contribution in [0.3, 0.4) is 0 Å². The van der Waals surface area contributed by atoms with Crippen molar-refractivity contribution in [2.24, 2.45) is 0 Å². The van der Waals surface area contributed by atoms with Crippen LogP contribution in [0.15, 0.2) is 36.7 Å². The Kier molecular flexibility index (Phi) is 6.46. The fourth-order valence-corrected chi connectivity index (χ4v) is 3.51. The summed E-state index contributed by atoms with van der Waals surface area (Å²) in [7, 11) is 0. The maximum Gasteiger partial charge on any atom is 0.294 e. The molecule has 2 heterocycles. The number of nitro groups is 1. The van der Waals surface area contributed by atoms with E-state index in [2.05, 4.69) is 14.9 Å². The molecule has 3 rings (SSSR count). The largest absolute Gasteiger partial charge is 0.363 e. The number of benzene rings is 1. The lowest BCUT2D eigenvalue weighted by atomic mass is 10.2. The smallest absolute Gasteiger partial charge is 0.294 e. The molecule has 1 aliphatic heterocycles. The first-order valence-corrected chi connectivity index (χ1v) is 9.40. The number of rotatable bonds is 8. The summed E-state index contributed by atoms with van der Waals surface area (Å²) < 4.78 is 1.97. The number of aromatic nitrogens is 2. The van der Waals surface area contributed by atoms with Crippen LogP contribution < -0.4 is 4.90 Å². The second kappa shape index (κ2) is 9.00. The Morgan fingerprint density at radius 2 is 1.88 bits per heavy atom. The number of anilines is 1. The fraction of sp³-hybridized carbons (Fsp3) is 0.500. The number of nitrogens with zero attached hydrogens (tertiary/aromatic N) is 5. The summed E-state index contributed by atoms with van der Waals surface area (Å²) in [6.45, 7) is 5.51. The molecule has 140 valence electrons.